The summed E-state index contributed by atoms with van der Waals surface area (Å²) in [5.74, 6) is -0.193. The average molecular weight is 344 g/mol. The number of nitrogens with one attached hydrogen (secondary N) is 2. The summed E-state index contributed by atoms with van der Waals surface area (Å²) in [4.78, 5) is 26.6. The third kappa shape index (κ3) is 3.63. The van der Waals surface area contributed by atoms with Gasteiger partial charge in [-0.25, -0.2) is 4.79 Å². The highest BCUT2D eigenvalue weighted by atomic mass is 16.2. The van der Waals surface area contributed by atoms with Crippen LogP contribution in [0.15, 0.2) is 18.2 Å². The predicted octanol–water partition coefficient (Wildman–Crippen LogP) is 2.62. The molecule has 2 atom stereocenters. The van der Waals surface area contributed by atoms with Crippen molar-refractivity contribution in [3.63, 3.8) is 0 Å². The van der Waals surface area contributed by atoms with Crippen LogP contribution in [-0.4, -0.2) is 30.6 Å². The number of benzene rings is 1. The number of anilines is 2. The monoisotopic (exact) mass is 344 g/mol. The van der Waals surface area contributed by atoms with E-state index in [2.05, 4.69) is 10.6 Å². The number of fused-ring (bicyclic) bond motifs is 1. The van der Waals surface area contributed by atoms with Gasteiger partial charge in [0, 0.05) is 24.3 Å². The third-order valence-corrected chi connectivity index (χ3v) is 5.39. The third-order valence-electron chi connectivity index (χ3n) is 5.39. The van der Waals surface area contributed by atoms with E-state index in [4.69, 9.17) is 5.73 Å². The van der Waals surface area contributed by atoms with Gasteiger partial charge in [-0.3, -0.25) is 9.69 Å². The van der Waals surface area contributed by atoms with E-state index < -0.39 is 5.54 Å². The molecule has 1 heterocycles. The molecule has 3 amide bonds. The molecular formula is C19H28N4O2. The topological polar surface area (TPSA) is 87.5 Å². The van der Waals surface area contributed by atoms with Crippen molar-refractivity contribution in [3.8, 4) is 0 Å². The van der Waals surface area contributed by atoms with Gasteiger partial charge in [0.1, 0.15) is 0 Å². The van der Waals surface area contributed by atoms with Gasteiger partial charge in [-0.2, -0.15) is 0 Å². The molecule has 0 spiro atoms. The Bertz CT molecular complexity index is 671. The van der Waals surface area contributed by atoms with Crippen LogP contribution in [0.25, 0.3) is 0 Å². The maximum Gasteiger partial charge on any atom is 0.321 e. The lowest BCUT2D eigenvalue weighted by atomic mass is 9.74. The van der Waals surface area contributed by atoms with E-state index >= 15 is 0 Å². The normalized spacial score (nSPS) is 25.4. The molecule has 6 heteroatoms. The zero-order valence-electron chi connectivity index (χ0n) is 15.1. The highest BCUT2D eigenvalue weighted by Gasteiger charge is 2.38. The maximum absolute atomic E-state index is 12.7. The smallest absolute Gasteiger partial charge is 0.321 e. The summed E-state index contributed by atoms with van der Waals surface area (Å²) < 4.78 is 0. The van der Waals surface area contributed by atoms with Crippen LogP contribution in [0.4, 0.5) is 16.2 Å². The molecule has 25 heavy (non-hydrogen) atoms. The van der Waals surface area contributed by atoms with Gasteiger partial charge in [-0.15, -0.1) is 0 Å². The molecule has 4 N–H and O–H groups in total. The van der Waals surface area contributed by atoms with Gasteiger partial charge in [-0.05, 0) is 50.8 Å². The molecule has 1 saturated carbocycles. The largest absolute Gasteiger partial charge is 0.338 e. The second kappa shape index (κ2) is 7.04. The zero-order valence-corrected chi connectivity index (χ0v) is 15.1. The fourth-order valence-electron chi connectivity index (χ4n) is 3.93. The quantitative estimate of drug-likeness (QED) is 0.788. The number of nitrogens with two attached hydrogens (primary N) is 1. The number of carbonyl (C=O) groups is 2. The number of amides is 3. The van der Waals surface area contributed by atoms with Crippen molar-refractivity contribution >= 4 is 23.3 Å². The van der Waals surface area contributed by atoms with E-state index in [1.807, 2.05) is 32.0 Å². The molecule has 0 bridgehead atoms. The van der Waals surface area contributed by atoms with Crippen molar-refractivity contribution in [2.45, 2.75) is 51.5 Å². The maximum atomic E-state index is 12.7. The first-order chi connectivity index (χ1) is 11.9. The summed E-state index contributed by atoms with van der Waals surface area (Å²) in [6.45, 7) is 5.13. The summed E-state index contributed by atoms with van der Waals surface area (Å²) in [7, 11) is 0. The molecule has 3 rings (SSSR count). The molecule has 1 aromatic carbocycles. The molecule has 1 fully saturated rings. The lowest BCUT2D eigenvalue weighted by Gasteiger charge is -2.37. The van der Waals surface area contributed by atoms with Crippen molar-refractivity contribution in [1.29, 1.82) is 0 Å². The van der Waals surface area contributed by atoms with Crippen molar-refractivity contribution in [2.24, 2.45) is 11.7 Å². The van der Waals surface area contributed by atoms with Gasteiger partial charge < -0.3 is 16.4 Å². The van der Waals surface area contributed by atoms with E-state index in [0.29, 0.717) is 13.1 Å². The molecule has 6 nitrogen and oxygen atoms in total. The molecule has 1 aliphatic heterocycles. The van der Waals surface area contributed by atoms with Crippen LogP contribution in [-0.2, 0) is 11.2 Å². The van der Waals surface area contributed by atoms with Crippen molar-refractivity contribution in [2.75, 3.05) is 23.3 Å². The molecule has 2 unspecified atom stereocenters. The minimum atomic E-state index is -0.452. The molecule has 0 saturated heterocycles. The van der Waals surface area contributed by atoms with Crippen LogP contribution >= 0.6 is 0 Å². The summed E-state index contributed by atoms with van der Waals surface area (Å²) in [6, 6.07) is 5.71. The van der Waals surface area contributed by atoms with Gasteiger partial charge in [0.2, 0.25) is 5.91 Å². The summed E-state index contributed by atoms with van der Waals surface area (Å²) in [6.07, 6.45) is 4.66. The highest BCUT2D eigenvalue weighted by Crippen LogP contribution is 2.34. The van der Waals surface area contributed by atoms with Gasteiger partial charge in [0.15, 0.2) is 0 Å². The van der Waals surface area contributed by atoms with E-state index in [1.54, 1.807) is 4.90 Å². The molecule has 2 aliphatic rings. The lowest BCUT2D eigenvalue weighted by Crippen LogP contribution is -2.51. The van der Waals surface area contributed by atoms with Crippen LogP contribution in [0.3, 0.4) is 0 Å². The van der Waals surface area contributed by atoms with E-state index in [9.17, 15) is 9.59 Å². The minimum Gasteiger partial charge on any atom is -0.338 e. The number of carbonyl (C=O) groups excluding carboxylic acids is 2. The summed E-state index contributed by atoms with van der Waals surface area (Å²) in [5, 5.41) is 5.85. The Morgan fingerprint density at radius 2 is 2.16 bits per heavy atom. The first-order valence-electron chi connectivity index (χ1n) is 9.20. The Labute approximate surface area is 149 Å². The molecule has 1 aromatic rings. The Balaban J connectivity index is 1.75. The van der Waals surface area contributed by atoms with Crippen LogP contribution in [0, 0.1) is 5.92 Å². The van der Waals surface area contributed by atoms with E-state index in [1.165, 1.54) is 0 Å². The Kier molecular flexibility index (Phi) is 4.99. The van der Waals surface area contributed by atoms with Crippen LogP contribution in [0.5, 0.6) is 0 Å². The SMILES string of the molecule is CCNC(=O)N1CCc2ccc(NC(=O)C3CCCCC3(C)N)cc21. The number of hydrogen-bond acceptors (Lipinski definition) is 3. The second-order valence-corrected chi connectivity index (χ2v) is 7.37. The minimum absolute atomic E-state index is 0.0211. The van der Waals surface area contributed by atoms with Crippen LogP contribution < -0.4 is 21.3 Å². The van der Waals surface area contributed by atoms with Crippen molar-refractivity contribution in [3.05, 3.63) is 23.8 Å². The molecule has 0 radical (unpaired) electrons. The van der Waals surface area contributed by atoms with Gasteiger partial charge in [0.05, 0.1) is 11.6 Å². The van der Waals surface area contributed by atoms with Crippen LogP contribution in [0.1, 0.15) is 45.1 Å². The first kappa shape index (κ1) is 17.7. The standard InChI is InChI=1S/C19H28N4O2/c1-3-21-18(25)23-11-9-13-7-8-14(12-16(13)23)22-17(24)15-6-4-5-10-19(15,2)20/h7-8,12,15H,3-6,9-11,20H2,1-2H3,(H,21,25)(H,22,24). The molecular weight excluding hydrogens is 316 g/mol. The molecule has 1 aliphatic carbocycles. The number of urea groups is 1. The van der Waals surface area contributed by atoms with Gasteiger partial charge in [-0.1, -0.05) is 18.9 Å². The molecule has 136 valence electrons. The Hall–Kier alpha value is -2.08. The number of rotatable bonds is 3. The lowest BCUT2D eigenvalue weighted by molar-refractivity contribution is -0.122. The molecule has 0 aromatic heterocycles. The van der Waals surface area contributed by atoms with Crippen LogP contribution in [0.2, 0.25) is 0 Å². The average Bonchev–Trinajstić information content (AvgIpc) is 2.97. The Morgan fingerprint density at radius 1 is 1.36 bits per heavy atom. The van der Waals surface area contributed by atoms with E-state index in [0.717, 1.165) is 49.0 Å². The first-order valence-corrected chi connectivity index (χ1v) is 9.20. The highest BCUT2D eigenvalue weighted by molar-refractivity contribution is 5.97. The fourth-order valence-corrected chi connectivity index (χ4v) is 3.93. The van der Waals surface area contributed by atoms with Crippen molar-refractivity contribution < 1.29 is 9.59 Å². The van der Waals surface area contributed by atoms with E-state index in [-0.39, 0.29) is 17.9 Å². The Morgan fingerprint density at radius 3 is 2.88 bits per heavy atom. The number of nitrogens with zero attached hydrogens (tertiary/aromatic N) is 1. The fraction of sp³-hybridized carbons (Fsp3) is 0.579. The van der Waals surface area contributed by atoms with Gasteiger partial charge >= 0.3 is 6.03 Å². The van der Waals surface area contributed by atoms with Gasteiger partial charge in [0.25, 0.3) is 0 Å². The summed E-state index contributed by atoms with van der Waals surface area (Å²) in [5.41, 5.74) is 8.62. The second-order valence-electron chi connectivity index (χ2n) is 7.37. The zero-order chi connectivity index (χ0) is 18.0. The summed E-state index contributed by atoms with van der Waals surface area (Å²) >= 11 is 0. The predicted molar refractivity (Wildman–Crippen MR) is 99.7 cm³/mol. The number of hydrogen-bond donors (Lipinski definition) is 3. The van der Waals surface area contributed by atoms with Crippen molar-refractivity contribution in [1.82, 2.24) is 5.32 Å².